The summed E-state index contributed by atoms with van der Waals surface area (Å²) in [6.45, 7) is 7.05. The van der Waals surface area contributed by atoms with Crippen molar-refractivity contribution in [2.24, 2.45) is 5.41 Å². The molecule has 3 nitrogen and oxygen atoms in total. The van der Waals surface area contributed by atoms with Crippen molar-refractivity contribution >= 4 is 0 Å². The number of nitriles is 1. The minimum Gasteiger partial charge on any atom is -0.477 e. The van der Waals surface area contributed by atoms with Crippen LogP contribution in [0, 0.1) is 16.7 Å². The first-order valence-electron chi connectivity index (χ1n) is 5.01. The summed E-state index contributed by atoms with van der Waals surface area (Å²) in [5, 5.41) is 8.81. The molecule has 0 bridgehead atoms. The summed E-state index contributed by atoms with van der Waals surface area (Å²) >= 11 is 0. The van der Waals surface area contributed by atoms with Gasteiger partial charge in [-0.15, -0.1) is 0 Å². The Balaban J connectivity index is 2.55. The molecule has 0 aliphatic carbocycles. The van der Waals surface area contributed by atoms with Crippen LogP contribution in [0.4, 0.5) is 0 Å². The molecule has 0 fully saturated rings. The summed E-state index contributed by atoms with van der Waals surface area (Å²) in [6, 6.07) is 5.49. The van der Waals surface area contributed by atoms with E-state index in [0.29, 0.717) is 18.1 Å². The van der Waals surface area contributed by atoms with Gasteiger partial charge >= 0.3 is 0 Å². The largest absolute Gasteiger partial charge is 0.477 e. The zero-order valence-corrected chi connectivity index (χ0v) is 9.45. The average molecular weight is 204 g/mol. The lowest BCUT2D eigenvalue weighted by molar-refractivity contribution is 0.236. The van der Waals surface area contributed by atoms with Crippen LogP contribution in [-0.4, -0.2) is 11.6 Å². The first-order chi connectivity index (χ1) is 7.03. The maximum absolute atomic E-state index is 8.81. The Labute approximate surface area is 90.7 Å². The Morgan fingerprint density at radius 3 is 2.80 bits per heavy atom. The number of hydrogen-bond acceptors (Lipinski definition) is 3. The topological polar surface area (TPSA) is 45.9 Å². The van der Waals surface area contributed by atoms with Crippen LogP contribution in [0.1, 0.15) is 32.8 Å². The summed E-state index contributed by atoms with van der Waals surface area (Å²) in [4.78, 5) is 4.02. The molecule has 0 amide bonds. The zero-order chi connectivity index (χ0) is 11.3. The lowest BCUT2D eigenvalue weighted by atomic mass is 9.93. The predicted octanol–water partition coefficient (Wildman–Crippen LogP) is 2.77. The molecule has 0 N–H and O–H groups in total. The summed E-state index contributed by atoms with van der Waals surface area (Å²) in [7, 11) is 0. The summed E-state index contributed by atoms with van der Waals surface area (Å²) in [5.74, 6) is 0.434. The monoisotopic (exact) mass is 204 g/mol. The van der Waals surface area contributed by atoms with E-state index >= 15 is 0 Å². The van der Waals surface area contributed by atoms with Crippen molar-refractivity contribution in [2.75, 3.05) is 6.61 Å². The van der Waals surface area contributed by atoms with E-state index in [1.165, 1.54) is 0 Å². The van der Waals surface area contributed by atoms with Crippen LogP contribution < -0.4 is 4.74 Å². The van der Waals surface area contributed by atoms with E-state index in [1.807, 2.05) is 0 Å². The predicted molar refractivity (Wildman–Crippen MR) is 58.5 cm³/mol. The third-order valence-electron chi connectivity index (χ3n) is 1.98. The molecule has 0 atom stereocenters. The summed E-state index contributed by atoms with van der Waals surface area (Å²) in [5.41, 5.74) is 0.730. The second kappa shape index (κ2) is 4.79. The van der Waals surface area contributed by atoms with Gasteiger partial charge in [0.15, 0.2) is 0 Å². The van der Waals surface area contributed by atoms with E-state index in [4.69, 9.17) is 10.00 Å². The number of aromatic nitrogens is 1. The molecule has 1 aromatic heterocycles. The van der Waals surface area contributed by atoms with Gasteiger partial charge in [-0.1, -0.05) is 20.8 Å². The molecule has 1 heterocycles. The highest BCUT2D eigenvalue weighted by Crippen LogP contribution is 2.19. The van der Waals surface area contributed by atoms with E-state index in [9.17, 15) is 0 Å². The molecule has 0 radical (unpaired) electrons. The van der Waals surface area contributed by atoms with E-state index < -0.39 is 0 Å². The molecule has 0 saturated heterocycles. The van der Waals surface area contributed by atoms with Crippen LogP contribution in [0.25, 0.3) is 0 Å². The number of pyridine rings is 1. The van der Waals surface area contributed by atoms with Gasteiger partial charge in [0, 0.05) is 6.20 Å². The van der Waals surface area contributed by atoms with Crippen molar-refractivity contribution < 1.29 is 4.74 Å². The average Bonchev–Trinajstić information content (AvgIpc) is 2.16. The summed E-state index contributed by atoms with van der Waals surface area (Å²) < 4.78 is 5.47. The second-order valence-corrected chi connectivity index (χ2v) is 4.63. The fourth-order valence-electron chi connectivity index (χ4n) is 1.04. The van der Waals surface area contributed by atoms with Gasteiger partial charge in [0.2, 0.25) is 5.88 Å². The van der Waals surface area contributed by atoms with E-state index in [2.05, 4.69) is 31.8 Å². The summed E-state index contributed by atoms with van der Waals surface area (Å²) in [6.07, 6.45) is 2.57. The molecule has 0 unspecified atom stereocenters. The first kappa shape index (κ1) is 11.5. The molecule has 1 aromatic rings. The molecular weight excluding hydrogens is 188 g/mol. The van der Waals surface area contributed by atoms with Crippen molar-refractivity contribution in [1.82, 2.24) is 4.98 Å². The maximum Gasteiger partial charge on any atom is 0.231 e. The van der Waals surface area contributed by atoms with Crippen LogP contribution in [0.5, 0.6) is 5.88 Å². The molecule has 0 aliphatic heterocycles. The van der Waals surface area contributed by atoms with Crippen LogP contribution in [0.15, 0.2) is 18.3 Å². The molecule has 0 spiro atoms. The van der Waals surface area contributed by atoms with E-state index in [1.54, 1.807) is 18.3 Å². The maximum atomic E-state index is 8.81. The highest BCUT2D eigenvalue weighted by Gasteiger charge is 2.11. The van der Waals surface area contributed by atoms with Crippen LogP contribution in [-0.2, 0) is 0 Å². The van der Waals surface area contributed by atoms with Crippen molar-refractivity contribution in [3.63, 3.8) is 0 Å². The Morgan fingerprint density at radius 2 is 2.20 bits per heavy atom. The van der Waals surface area contributed by atoms with Gasteiger partial charge in [-0.25, -0.2) is 4.98 Å². The number of rotatable bonds is 3. The zero-order valence-electron chi connectivity index (χ0n) is 9.45. The quantitative estimate of drug-likeness (QED) is 0.760. The van der Waals surface area contributed by atoms with Crippen molar-refractivity contribution in [3.05, 3.63) is 23.9 Å². The molecule has 0 aliphatic rings. The molecule has 0 aromatic carbocycles. The normalized spacial score (nSPS) is 10.8. The van der Waals surface area contributed by atoms with Crippen molar-refractivity contribution in [1.29, 1.82) is 5.26 Å². The molecule has 15 heavy (non-hydrogen) atoms. The van der Waals surface area contributed by atoms with Crippen molar-refractivity contribution in [3.8, 4) is 11.9 Å². The fraction of sp³-hybridized carbons (Fsp3) is 0.500. The Morgan fingerprint density at radius 1 is 1.47 bits per heavy atom. The smallest absolute Gasteiger partial charge is 0.231 e. The first-order valence-corrected chi connectivity index (χ1v) is 5.01. The van der Waals surface area contributed by atoms with Crippen LogP contribution >= 0.6 is 0 Å². The number of nitrogens with zero attached hydrogens (tertiary/aromatic N) is 2. The van der Waals surface area contributed by atoms with Crippen LogP contribution in [0.2, 0.25) is 0 Å². The Bertz CT molecular complexity index is 361. The minimum absolute atomic E-state index is 0.238. The Hall–Kier alpha value is -1.56. The van der Waals surface area contributed by atoms with Gasteiger partial charge in [0.25, 0.3) is 0 Å². The molecule has 3 heteroatoms. The lowest BCUT2D eigenvalue weighted by Gasteiger charge is -2.17. The lowest BCUT2D eigenvalue weighted by Crippen LogP contribution is -2.11. The van der Waals surface area contributed by atoms with Crippen molar-refractivity contribution in [2.45, 2.75) is 27.2 Å². The van der Waals surface area contributed by atoms with Gasteiger partial charge in [0.1, 0.15) is 11.6 Å². The standard InChI is InChI=1S/C12H16N2O/c1-12(2,3)6-8-15-11-10(9-13)5-4-7-14-11/h4-5,7H,6,8H2,1-3H3. The molecule has 80 valence electrons. The molecule has 1 rings (SSSR count). The third kappa shape index (κ3) is 3.99. The number of hydrogen-bond donors (Lipinski definition) is 0. The van der Waals surface area contributed by atoms with Crippen LogP contribution in [0.3, 0.4) is 0 Å². The van der Waals surface area contributed by atoms with Gasteiger partial charge in [-0.05, 0) is 24.0 Å². The number of ether oxygens (including phenoxy) is 1. The highest BCUT2D eigenvalue weighted by molar-refractivity contribution is 5.36. The highest BCUT2D eigenvalue weighted by atomic mass is 16.5. The van der Waals surface area contributed by atoms with E-state index in [-0.39, 0.29) is 5.41 Å². The molecular formula is C12H16N2O. The van der Waals surface area contributed by atoms with Gasteiger partial charge in [-0.2, -0.15) is 5.26 Å². The fourth-order valence-corrected chi connectivity index (χ4v) is 1.04. The van der Waals surface area contributed by atoms with Gasteiger partial charge in [-0.3, -0.25) is 0 Å². The Kier molecular flexibility index (Phi) is 3.68. The van der Waals surface area contributed by atoms with Gasteiger partial charge in [0.05, 0.1) is 6.61 Å². The third-order valence-corrected chi connectivity index (χ3v) is 1.98. The molecule has 0 saturated carbocycles. The SMILES string of the molecule is CC(C)(C)CCOc1ncccc1C#N. The van der Waals surface area contributed by atoms with Gasteiger partial charge < -0.3 is 4.74 Å². The van der Waals surface area contributed by atoms with E-state index in [0.717, 1.165) is 6.42 Å². The second-order valence-electron chi connectivity index (χ2n) is 4.63. The minimum atomic E-state index is 0.238.